The zero-order valence-corrected chi connectivity index (χ0v) is 6.77. The van der Waals surface area contributed by atoms with Crippen LogP contribution < -0.4 is 5.32 Å². The standard InChI is InChI=1S/C9H17N/c1-7-4-5-8-3-2-6-10-9(7)8/h7-10H,2-6H2,1H3/t7?,8-,9+/m1/s1. The molecule has 3 atom stereocenters. The molecule has 1 saturated carbocycles. The third-order valence-electron chi connectivity index (χ3n) is 3.25. The molecule has 2 aliphatic rings. The van der Waals surface area contributed by atoms with Gasteiger partial charge in [-0.2, -0.15) is 0 Å². The topological polar surface area (TPSA) is 12.0 Å². The van der Waals surface area contributed by atoms with Gasteiger partial charge in [0.15, 0.2) is 0 Å². The van der Waals surface area contributed by atoms with Crippen molar-refractivity contribution in [2.24, 2.45) is 11.8 Å². The molecule has 0 bridgehead atoms. The number of piperidine rings is 1. The van der Waals surface area contributed by atoms with Gasteiger partial charge < -0.3 is 5.32 Å². The molecule has 1 nitrogen and oxygen atoms in total. The smallest absolute Gasteiger partial charge is 0.0121 e. The molecule has 1 heterocycles. The Hall–Kier alpha value is -0.0400. The molecule has 2 rings (SSSR count). The van der Waals surface area contributed by atoms with Crippen LogP contribution in [-0.2, 0) is 0 Å². The zero-order chi connectivity index (χ0) is 6.97. The predicted octanol–water partition coefficient (Wildman–Crippen LogP) is 1.78. The number of nitrogens with one attached hydrogen (secondary N) is 1. The summed E-state index contributed by atoms with van der Waals surface area (Å²) < 4.78 is 0. The first-order valence-electron chi connectivity index (χ1n) is 4.61. The fraction of sp³-hybridized carbons (Fsp3) is 1.00. The third kappa shape index (κ3) is 0.968. The normalized spacial score (nSPS) is 47.1. The van der Waals surface area contributed by atoms with Gasteiger partial charge in [-0.25, -0.2) is 0 Å². The Labute approximate surface area is 63.2 Å². The molecule has 0 aromatic heterocycles. The largest absolute Gasteiger partial charge is 0.313 e. The average Bonchev–Trinajstić information content (AvgIpc) is 2.34. The molecule has 10 heavy (non-hydrogen) atoms. The molecule has 0 aromatic rings. The molecule has 58 valence electrons. The fourth-order valence-corrected chi connectivity index (χ4v) is 2.63. The van der Waals surface area contributed by atoms with Crippen molar-refractivity contribution < 1.29 is 0 Å². The molecule has 1 saturated heterocycles. The Balaban J connectivity index is 2.01. The van der Waals surface area contributed by atoms with Crippen molar-refractivity contribution in [3.05, 3.63) is 0 Å². The van der Waals surface area contributed by atoms with E-state index in [1.807, 2.05) is 0 Å². The van der Waals surface area contributed by atoms with E-state index in [0.717, 1.165) is 17.9 Å². The fourth-order valence-electron chi connectivity index (χ4n) is 2.63. The maximum atomic E-state index is 3.63. The van der Waals surface area contributed by atoms with Crippen LogP contribution in [0.2, 0.25) is 0 Å². The van der Waals surface area contributed by atoms with E-state index in [0.29, 0.717) is 0 Å². The van der Waals surface area contributed by atoms with E-state index in [9.17, 15) is 0 Å². The van der Waals surface area contributed by atoms with Crippen LogP contribution in [-0.4, -0.2) is 12.6 Å². The number of hydrogen-bond acceptors (Lipinski definition) is 1. The average molecular weight is 139 g/mol. The van der Waals surface area contributed by atoms with Gasteiger partial charge in [-0.15, -0.1) is 0 Å². The molecule has 1 aliphatic heterocycles. The van der Waals surface area contributed by atoms with Gasteiger partial charge in [0.25, 0.3) is 0 Å². The van der Waals surface area contributed by atoms with Crippen molar-refractivity contribution in [3.8, 4) is 0 Å². The lowest BCUT2D eigenvalue weighted by Gasteiger charge is -2.29. The minimum Gasteiger partial charge on any atom is -0.313 e. The van der Waals surface area contributed by atoms with Crippen LogP contribution in [0.5, 0.6) is 0 Å². The molecular weight excluding hydrogens is 122 g/mol. The summed E-state index contributed by atoms with van der Waals surface area (Å²) in [4.78, 5) is 0. The molecule has 2 fully saturated rings. The van der Waals surface area contributed by atoms with Crippen LogP contribution in [0.1, 0.15) is 32.6 Å². The minimum absolute atomic E-state index is 0.883. The second-order valence-corrected chi connectivity index (χ2v) is 3.94. The Morgan fingerprint density at radius 3 is 2.90 bits per heavy atom. The second kappa shape index (κ2) is 2.54. The Kier molecular flexibility index (Phi) is 1.69. The molecule has 0 amide bonds. The summed E-state index contributed by atoms with van der Waals surface area (Å²) >= 11 is 0. The molecule has 0 spiro atoms. The van der Waals surface area contributed by atoms with Gasteiger partial charge in [0.2, 0.25) is 0 Å². The summed E-state index contributed by atoms with van der Waals surface area (Å²) in [6.07, 6.45) is 5.84. The zero-order valence-electron chi connectivity index (χ0n) is 6.77. The van der Waals surface area contributed by atoms with Crippen LogP contribution in [0.3, 0.4) is 0 Å². The summed E-state index contributed by atoms with van der Waals surface area (Å²) in [7, 11) is 0. The lowest BCUT2D eigenvalue weighted by molar-refractivity contribution is 0.284. The van der Waals surface area contributed by atoms with Gasteiger partial charge in [-0.1, -0.05) is 6.92 Å². The molecule has 1 unspecified atom stereocenters. The van der Waals surface area contributed by atoms with E-state index < -0.39 is 0 Å². The monoisotopic (exact) mass is 139 g/mol. The molecule has 1 N–H and O–H groups in total. The van der Waals surface area contributed by atoms with Crippen LogP contribution in [0, 0.1) is 11.8 Å². The molecule has 0 radical (unpaired) electrons. The quantitative estimate of drug-likeness (QED) is 0.539. The van der Waals surface area contributed by atoms with Crippen molar-refractivity contribution in [1.82, 2.24) is 5.32 Å². The van der Waals surface area contributed by atoms with Gasteiger partial charge in [0.05, 0.1) is 0 Å². The van der Waals surface area contributed by atoms with Crippen LogP contribution in [0.4, 0.5) is 0 Å². The SMILES string of the molecule is CC1CC[C@H]2CCCN[C@@H]12. The maximum Gasteiger partial charge on any atom is 0.0121 e. The highest BCUT2D eigenvalue weighted by molar-refractivity contribution is 4.90. The molecule has 1 aliphatic carbocycles. The highest BCUT2D eigenvalue weighted by Gasteiger charge is 2.34. The first-order valence-corrected chi connectivity index (χ1v) is 4.61. The first kappa shape index (κ1) is 6.66. The number of fused-ring (bicyclic) bond motifs is 1. The summed E-state index contributed by atoms with van der Waals surface area (Å²) in [5.74, 6) is 1.98. The van der Waals surface area contributed by atoms with Gasteiger partial charge in [0.1, 0.15) is 0 Å². The summed E-state index contributed by atoms with van der Waals surface area (Å²) in [5, 5.41) is 3.63. The van der Waals surface area contributed by atoms with E-state index in [4.69, 9.17) is 0 Å². The summed E-state index contributed by atoms with van der Waals surface area (Å²) in [6.45, 7) is 3.66. The van der Waals surface area contributed by atoms with E-state index in [2.05, 4.69) is 12.2 Å². The van der Waals surface area contributed by atoms with Crippen LogP contribution in [0.15, 0.2) is 0 Å². The van der Waals surface area contributed by atoms with Crippen molar-refractivity contribution in [1.29, 1.82) is 0 Å². The highest BCUT2D eigenvalue weighted by atomic mass is 14.9. The van der Waals surface area contributed by atoms with Gasteiger partial charge >= 0.3 is 0 Å². The van der Waals surface area contributed by atoms with Gasteiger partial charge in [-0.05, 0) is 44.1 Å². The summed E-state index contributed by atoms with van der Waals surface area (Å²) in [5.41, 5.74) is 0. The highest BCUT2D eigenvalue weighted by Crippen LogP contribution is 2.35. The van der Waals surface area contributed by atoms with Crippen molar-refractivity contribution >= 4 is 0 Å². The Bertz CT molecular complexity index is 120. The second-order valence-electron chi connectivity index (χ2n) is 3.94. The lowest BCUT2D eigenvalue weighted by atomic mass is 9.91. The Morgan fingerprint density at radius 2 is 2.10 bits per heavy atom. The van der Waals surface area contributed by atoms with E-state index in [1.54, 1.807) is 0 Å². The van der Waals surface area contributed by atoms with Crippen molar-refractivity contribution in [2.45, 2.75) is 38.6 Å². The first-order chi connectivity index (χ1) is 4.88. The van der Waals surface area contributed by atoms with Crippen LogP contribution in [0.25, 0.3) is 0 Å². The Morgan fingerprint density at radius 1 is 1.20 bits per heavy atom. The van der Waals surface area contributed by atoms with Gasteiger partial charge in [0, 0.05) is 6.04 Å². The molecule has 1 heteroatoms. The minimum atomic E-state index is 0.883. The van der Waals surface area contributed by atoms with E-state index in [1.165, 1.54) is 32.2 Å². The third-order valence-corrected chi connectivity index (χ3v) is 3.25. The predicted molar refractivity (Wildman–Crippen MR) is 42.9 cm³/mol. The van der Waals surface area contributed by atoms with Crippen molar-refractivity contribution in [3.63, 3.8) is 0 Å². The number of hydrogen-bond donors (Lipinski definition) is 1. The number of rotatable bonds is 0. The van der Waals surface area contributed by atoms with Gasteiger partial charge in [-0.3, -0.25) is 0 Å². The van der Waals surface area contributed by atoms with E-state index in [-0.39, 0.29) is 0 Å². The molecule has 0 aromatic carbocycles. The molecular formula is C9H17N. The van der Waals surface area contributed by atoms with E-state index >= 15 is 0 Å². The van der Waals surface area contributed by atoms with Crippen LogP contribution >= 0.6 is 0 Å². The van der Waals surface area contributed by atoms with Crippen molar-refractivity contribution in [2.75, 3.05) is 6.54 Å². The summed E-state index contributed by atoms with van der Waals surface area (Å²) in [6, 6.07) is 0.883. The lowest BCUT2D eigenvalue weighted by Crippen LogP contribution is -2.41. The maximum absolute atomic E-state index is 3.63.